The third-order valence-electron chi connectivity index (χ3n) is 3.78. The summed E-state index contributed by atoms with van der Waals surface area (Å²) < 4.78 is 0. The molecule has 26 heavy (non-hydrogen) atoms. The quantitative estimate of drug-likeness (QED) is 0.418. The number of nitrogens with one attached hydrogen (secondary N) is 1. The number of unbranched alkanes of at least 4 members (excludes halogenated alkanes) is 2. The average molecular weight is 365 g/mol. The van der Waals surface area contributed by atoms with Crippen molar-refractivity contribution in [1.82, 2.24) is 15.3 Å². The minimum atomic E-state index is -0.656. The van der Waals surface area contributed by atoms with Crippen LogP contribution in [0.1, 0.15) is 38.5 Å². The Morgan fingerprint density at radius 2 is 1.58 bits per heavy atom. The number of carbonyl (C=O) groups is 6. The van der Waals surface area contributed by atoms with E-state index in [1.807, 2.05) is 0 Å². The number of hydrogen-bond donors (Lipinski definition) is 1. The van der Waals surface area contributed by atoms with Gasteiger partial charge in [0, 0.05) is 38.0 Å². The Kier molecular flexibility index (Phi) is 6.59. The van der Waals surface area contributed by atoms with Crippen molar-refractivity contribution in [2.75, 3.05) is 13.1 Å². The second-order valence-electron chi connectivity index (χ2n) is 5.80. The first kappa shape index (κ1) is 19.3. The zero-order valence-electron chi connectivity index (χ0n) is 14.1. The third-order valence-corrected chi connectivity index (χ3v) is 3.78. The number of imide groups is 2. The molecule has 1 N–H and O–H groups in total. The summed E-state index contributed by atoms with van der Waals surface area (Å²) in [5.41, 5.74) is 0. The summed E-state index contributed by atoms with van der Waals surface area (Å²) in [6.45, 7) is 0.00944. The molecule has 0 atom stereocenters. The molecule has 2 aliphatic rings. The molecule has 1 fully saturated rings. The Hall–Kier alpha value is -3.04. The summed E-state index contributed by atoms with van der Waals surface area (Å²) >= 11 is 0. The van der Waals surface area contributed by atoms with Gasteiger partial charge in [0.05, 0.1) is 0 Å². The van der Waals surface area contributed by atoms with Crippen molar-refractivity contribution < 1.29 is 33.6 Å². The molecule has 0 aromatic rings. The number of hydrogen-bond acceptors (Lipinski definition) is 7. The molecule has 10 nitrogen and oxygen atoms in total. The largest absolute Gasteiger partial charge is 0.355 e. The van der Waals surface area contributed by atoms with Crippen LogP contribution in [0.5, 0.6) is 0 Å². The van der Waals surface area contributed by atoms with Gasteiger partial charge in [0.2, 0.25) is 5.91 Å². The van der Waals surface area contributed by atoms with Crippen molar-refractivity contribution in [3.05, 3.63) is 12.2 Å². The maximum absolute atomic E-state index is 11.7. The molecule has 0 bridgehead atoms. The van der Waals surface area contributed by atoms with E-state index in [1.54, 1.807) is 0 Å². The van der Waals surface area contributed by atoms with Crippen molar-refractivity contribution in [3.8, 4) is 0 Å². The highest BCUT2D eigenvalue weighted by molar-refractivity contribution is 6.14. The number of amides is 5. The van der Waals surface area contributed by atoms with Gasteiger partial charge in [0.15, 0.2) is 0 Å². The molecule has 0 radical (unpaired) electrons. The fourth-order valence-corrected chi connectivity index (χ4v) is 2.39. The van der Waals surface area contributed by atoms with Gasteiger partial charge in [-0.1, -0.05) is 6.42 Å². The van der Waals surface area contributed by atoms with Crippen LogP contribution in [0.25, 0.3) is 0 Å². The number of carbonyl (C=O) groups excluding carboxylic acids is 6. The number of rotatable bonds is 9. The highest BCUT2D eigenvalue weighted by Crippen LogP contribution is 2.13. The Labute approximate surface area is 149 Å². The van der Waals surface area contributed by atoms with Gasteiger partial charge in [-0.25, -0.2) is 4.79 Å². The first-order chi connectivity index (χ1) is 12.4. The van der Waals surface area contributed by atoms with Gasteiger partial charge >= 0.3 is 5.97 Å². The van der Waals surface area contributed by atoms with Crippen LogP contribution in [0.15, 0.2) is 12.2 Å². The summed E-state index contributed by atoms with van der Waals surface area (Å²) in [7, 11) is 0. The van der Waals surface area contributed by atoms with Crippen LogP contribution < -0.4 is 5.32 Å². The Morgan fingerprint density at radius 1 is 0.962 bits per heavy atom. The van der Waals surface area contributed by atoms with E-state index in [0.717, 1.165) is 17.1 Å². The fraction of sp³-hybridized carbons (Fsp3) is 0.500. The molecule has 0 unspecified atom stereocenters. The van der Waals surface area contributed by atoms with Gasteiger partial charge in [-0.15, -0.1) is 5.06 Å². The highest BCUT2D eigenvalue weighted by Gasteiger charge is 2.32. The van der Waals surface area contributed by atoms with Gasteiger partial charge in [0.1, 0.15) is 6.54 Å². The highest BCUT2D eigenvalue weighted by atomic mass is 16.7. The molecular formula is C16H19N3O7. The monoisotopic (exact) mass is 365 g/mol. The topological polar surface area (TPSA) is 130 Å². The Bertz CT molecular complexity index is 617. The predicted molar refractivity (Wildman–Crippen MR) is 84.5 cm³/mol. The molecule has 0 spiro atoms. The molecule has 10 heteroatoms. The standard InChI is InChI=1S/C16H19N3O7/c20-11(10-18-12(21)5-6-13(18)22)17-9-3-1-2-4-16(25)26-19-14(23)7-8-15(19)24/h5-6H,1-4,7-10H2,(H,17,20). The van der Waals surface area contributed by atoms with Gasteiger partial charge in [-0.3, -0.25) is 28.9 Å². The molecule has 2 rings (SSSR count). The van der Waals surface area contributed by atoms with Crippen LogP contribution in [-0.2, 0) is 33.6 Å². The fourth-order valence-electron chi connectivity index (χ4n) is 2.39. The molecule has 140 valence electrons. The van der Waals surface area contributed by atoms with Crippen LogP contribution in [0.4, 0.5) is 0 Å². The lowest BCUT2D eigenvalue weighted by molar-refractivity contribution is -0.197. The smallest absolute Gasteiger partial charge is 0.333 e. The Morgan fingerprint density at radius 3 is 2.19 bits per heavy atom. The average Bonchev–Trinajstić information content (AvgIpc) is 3.08. The molecule has 5 amide bonds. The first-order valence-electron chi connectivity index (χ1n) is 8.25. The summed E-state index contributed by atoms with van der Waals surface area (Å²) in [5.74, 6) is -3.17. The van der Waals surface area contributed by atoms with Crippen molar-refractivity contribution in [2.45, 2.75) is 38.5 Å². The van der Waals surface area contributed by atoms with E-state index in [2.05, 4.69) is 5.32 Å². The molecule has 2 heterocycles. The molecule has 2 aliphatic heterocycles. The maximum Gasteiger partial charge on any atom is 0.333 e. The normalized spacial score (nSPS) is 16.6. The van der Waals surface area contributed by atoms with Gasteiger partial charge in [-0.05, 0) is 12.8 Å². The molecule has 0 aromatic heterocycles. The zero-order chi connectivity index (χ0) is 19.1. The number of hydroxylamine groups is 2. The van der Waals surface area contributed by atoms with E-state index in [1.165, 1.54) is 0 Å². The predicted octanol–water partition coefficient (Wildman–Crippen LogP) is -0.805. The van der Waals surface area contributed by atoms with Crippen LogP contribution in [0, 0.1) is 0 Å². The lowest BCUT2D eigenvalue weighted by atomic mass is 10.2. The number of nitrogens with zero attached hydrogens (tertiary/aromatic N) is 2. The summed E-state index contributed by atoms with van der Waals surface area (Å²) in [4.78, 5) is 74.0. The summed E-state index contributed by atoms with van der Waals surface area (Å²) in [6, 6.07) is 0. The van der Waals surface area contributed by atoms with Crippen molar-refractivity contribution in [3.63, 3.8) is 0 Å². The van der Waals surface area contributed by atoms with Crippen LogP contribution >= 0.6 is 0 Å². The zero-order valence-corrected chi connectivity index (χ0v) is 14.1. The van der Waals surface area contributed by atoms with E-state index < -0.39 is 35.5 Å². The van der Waals surface area contributed by atoms with Crippen molar-refractivity contribution >= 4 is 35.5 Å². The Balaban J connectivity index is 1.52. The first-order valence-corrected chi connectivity index (χ1v) is 8.25. The van der Waals surface area contributed by atoms with E-state index in [9.17, 15) is 28.8 Å². The van der Waals surface area contributed by atoms with Crippen LogP contribution in [-0.4, -0.2) is 58.6 Å². The van der Waals surface area contributed by atoms with E-state index >= 15 is 0 Å². The van der Waals surface area contributed by atoms with Gasteiger partial charge in [0.25, 0.3) is 23.6 Å². The maximum atomic E-state index is 11.7. The molecular weight excluding hydrogens is 346 g/mol. The molecule has 0 aliphatic carbocycles. The molecule has 0 saturated carbocycles. The second-order valence-corrected chi connectivity index (χ2v) is 5.80. The second kappa shape index (κ2) is 8.88. The van der Waals surface area contributed by atoms with E-state index in [0.29, 0.717) is 30.9 Å². The third kappa shape index (κ3) is 5.23. The van der Waals surface area contributed by atoms with Crippen LogP contribution in [0.3, 0.4) is 0 Å². The van der Waals surface area contributed by atoms with Crippen molar-refractivity contribution in [2.24, 2.45) is 0 Å². The minimum Gasteiger partial charge on any atom is -0.355 e. The minimum absolute atomic E-state index is 0.0491. The van der Waals surface area contributed by atoms with Gasteiger partial charge < -0.3 is 10.2 Å². The summed E-state index contributed by atoms with van der Waals surface area (Å²) in [5, 5.41) is 3.09. The van der Waals surface area contributed by atoms with Crippen molar-refractivity contribution in [1.29, 1.82) is 0 Å². The molecule has 0 aromatic carbocycles. The lowest BCUT2D eigenvalue weighted by Gasteiger charge is -2.13. The molecule has 1 saturated heterocycles. The van der Waals surface area contributed by atoms with E-state index in [-0.39, 0.29) is 25.8 Å². The van der Waals surface area contributed by atoms with Gasteiger partial charge in [-0.2, -0.15) is 0 Å². The summed E-state index contributed by atoms with van der Waals surface area (Å²) in [6.07, 6.45) is 4.04. The SMILES string of the molecule is O=C(CN1C(=O)C=CC1=O)NCCCCCC(=O)ON1C(=O)CCC1=O. The van der Waals surface area contributed by atoms with E-state index in [4.69, 9.17) is 4.84 Å². The van der Waals surface area contributed by atoms with Crippen LogP contribution in [0.2, 0.25) is 0 Å². The lowest BCUT2D eigenvalue weighted by Crippen LogP contribution is -2.40.